The molecule has 0 aromatic heterocycles. The minimum absolute atomic E-state index is 0.0661. The lowest BCUT2D eigenvalue weighted by Gasteiger charge is -2.23. The zero-order valence-corrected chi connectivity index (χ0v) is 16.6. The minimum Gasteiger partial charge on any atom is -0.497 e. The number of benzene rings is 3. The van der Waals surface area contributed by atoms with E-state index in [4.69, 9.17) is 9.47 Å². The highest BCUT2D eigenvalue weighted by atomic mass is 16.5. The van der Waals surface area contributed by atoms with Gasteiger partial charge in [0.15, 0.2) is 6.10 Å². The molecule has 0 fully saturated rings. The second-order valence-electron chi connectivity index (χ2n) is 6.73. The fourth-order valence-corrected chi connectivity index (χ4v) is 3.30. The van der Waals surface area contributed by atoms with E-state index < -0.39 is 6.10 Å². The number of amides is 1. The number of ether oxygens (including phenoxy) is 2. The Morgan fingerprint density at radius 3 is 2.32 bits per heavy atom. The first-order chi connectivity index (χ1) is 13.7. The minimum atomic E-state index is -0.543. The van der Waals surface area contributed by atoms with Crippen LogP contribution in [0.4, 0.5) is 0 Å². The van der Waals surface area contributed by atoms with Crippen LogP contribution in [-0.4, -0.2) is 19.1 Å². The van der Waals surface area contributed by atoms with E-state index in [0.717, 1.165) is 34.3 Å². The van der Waals surface area contributed by atoms with Crippen molar-refractivity contribution in [1.82, 2.24) is 5.32 Å². The number of fused-ring (bicyclic) bond motifs is 1. The molecule has 146 valence electrons. The number of hydrogen-bond donors (Lipinski definition) is 1. The van der Waals surface area contributed by atoms with Gasteiger partial charge >= 0.3 is 0 Å². The second kappa shape index (κ2) is 9.27. The third-order valence-electron chi connectivity index (χ3n) is 4.92. The summed E-state index contributed by atoms with van der Waals surface area (Å²) < 4.78 is 11.3. The van der Waals surface area contributed by atoms with Gasteiger partial charge in [-0.1, -0.05) is 62.4 Å². The van der Waals surface area contributed by atoms with Gasteiger partial charge in [-0.2, -0.15) is 0 Å². The summed E-state index contributed by atoms with van der Waals surface area (Å²) in [7, 11) is 1.64. The van der Waals surface area contributed by atoms with E-state index in [1.54, 1.807) is 7.11 Å². The zero-order chi connectivity index (χ0) is 19.9. The van der Waals surface area contributed by atoms with Crippen LogP contribution in [0.2, 0.25) is 0 Å². The van der Waals surface area contributed by atoms with E-state index >= 15 is 0 Å². The number of rotatable bonds is 8. The van der Waals surface area contributed by atoms with Crippen molar-refractivity contribution in [3.8, 4) is 11.5 Å². The van der Waals surface area contributed by atoms with Crippen molar-refractivity contribution < 1.29 is 14.3 Å². The molecule has 0 saturated carbocycles. The smallest absolute Gasteiger partial charge is 0.261 e. The van der Waals surface area contributed by atoms with Gasteiger partial charge in [-0.25, -0.2) is 0 Å². The molecule has 3 aromatic rings. The fourth-order valence-electron chi connectivity index (χ4n) is 3.30. The lowest BCUT2D eigenvalue weighted by molar-refractivity contribution is -0.128. The maximum Gasteiger partial charge on any atom is 0.261 e. The summed E-state index contributed by atoms with van der Waals surface area (Å²) in [5.41, 5.74) is 1.05. The predicted octanol–water partition coefficient (Wildman–Crippen LogP) is 5.27. The number of nitrogens with one attached hydrogen (secondary N) is 1. The fraction of sp³-hybridized carbons (Fsp3) is 0.292. The normalized spacial score (nSPS) is 13.0. The molecule has 0 aliphatic carbocycles. The quantitative estimate of drug-likeness (QED) is 0.581. The zero-order valence-electron chi connectivity index (χ0n) is 16.6. The molecule has 1 amide bonds. The number of carbonyl (C=O) groups excluding carboxylic acids is 1. The molecule has 0 unspecified atom stereocenters. The van der Waals surface area contributed by atoms with Crippen LogP contribution in [-0.2, 0) is 4.79 Å². The van der Waals surface area contributed by atoms with Crippen LogP contribution in [0.5, 0.6) is 11.5 Å². The van der Waals surface area contributed by atoms with Gasteiger partial charge < -0.3 is 14.8 Å². The van der Waals surface area contributed by atoms with Crippen LogP contribution in [0.15, 0.2) is 66.7 Å². The Morgan fingerprint density at radius 1 is 0.929 bits per heavy atom. The van der Waals surface area contributed by atoms with Crippen LogP contribution in [0, 0.1) is 0 Å². The van der Waals surface area contributed by atoms with Crippen LogP contribution in [0.1, 0.15) is 38.3 Å². The first-order valence-electron chi connectivity index (χ1n) is 9.75. The van der Waals surface area contributed by atoms with E-state index in [-0.39, 0.29) is 11.9 Å². The Hall–Kier alpha value is -3.01. The molecule has 0 saturated heterocycles. The molecule has 0 aliphatic heterocycles. The summed E-state index contributed by atoms with van der Waals surface area (Å²) in [5.74, 6) is 1.44. The van der Waals surface area contributed by atoms with Gasteiger partial charge in [-0.15, -0.1) is 0 Å². The SMILES string of the molecule is CC[C@H](NC(=O)[C@@H](CC)Oc1cccc2ccccc12)c1ccc(OC)cc1. The Kier molecular flexibility index (Phi) is 6.53. The largest absolute Gasteiger partial charge is 0.497 e. The average molecular weight is 377 g/mol. The highest BCUT2D eigenvalue weighted by Crippen LogP contribution is 2.27. The van der Waals surface area contributed by atoms with Crippen LogP contribution < -0.4 is 14.8 Å². The first-order valence-corrected chi connectivity index (χ1v) is 9.75. The van der Waals surface area contributed by atoms with Crippen LogP contribution >= 0.6 is 0 Å². The molecule has 0 spiro atoms. The highest BCUT2D eigenvalue weighted by molar-refractivity contribution is 5.89. The van der Waals surface area contributed by atoms with Gasteiger partial charge in [0, 0.05) is 5.39 Å². The number of hydrogen-bond acceptors (Lipinski definition) is 3. The summed E-state index contributed by atoms with van der Waals surface area (Å²) in [6, 6.07) is 21.7. The third kappa shape index (κ3) is 4.45. The summed E-state index contributed by atoms with van der Waals surface area (Å²) in [5, 5.41) is 5.24. The van der Waals surface area contributed by atoms with Gasteiger partial charge in [0.1, 0.15) is 11.5 Å². The van der Waals surface area contributed by atoms with Crippen molar-refractivity contribution in [2.24, 2.45) is 0 Å². The highest BCUT2D eigenvalue weighted by Gasteiger charge is 2.22. The monoisotopic (exact) mass is 377 g/mol. The summed E-state index contributed by atoms with van der Waals surface area (Å²) >= 11 is 0. The van der Waals surface area contributed by atoms with E-state index in [0.29, 0.717) is 6.42 Å². The van der Waals surface area contributed by atoms with Gasteiger partial charge in [-0.3, -0.25) is 4.79 Å². The van der Waals surface area contributed by atoms with Crippen LogP contribution in [0.25, 0.3) is 10.8 Å². The first kappa shape index (κ1) is 19.7. The molecular formula is C24H27NO3. The Bertz CT molecular complexity index is 915. The molecule has 2 atom stereocenters. The lowest BCUT2D eigenvalue weighted by Crippen LogP contribution is -2.40. The molecule has 3 aromatic carbocycles. The van der Waals surface area contributed by atoms with Gasteiger partial charge in [-0.05, 0) is 42.0 Å². The Labute approximate surface area is 166 Å². The lowest BCUT2D eigenvalue weighted by atomic mass is 10.0. The van der Waals surface area contributed by atoms with Crippen molar-refractivity contribution in [2.75, 3.05) is 7.11 Å². The summed E-state index contributed by atoms with van der Waals surface area (Å²) in [6.45, 7) is 4.02. The maximum atomic E-state index is 12.9. The number of methoxy groups -OCH3 is 1. The molecule has 4 heteroatoms. The molecule has 0 aliphatic rings. The molecule has 1 N–H and O–H groups in total. The molecular weight excluding hydrogens is 350 g/mol. The van der Waals surface area contributed by atoms with Crippen molar-refractivity contribution >= 4 is 16.7 Å². The van der Waals surface area contributed by atoms with E-state index in [1.807, 2.05) is 73.7 Å². The second-order valence-corrected chi connectivity index (χ2v) is 6.73. The third-order valence-corrected chi connectivity index (χ3v) is 4.92. The van der Waals surface area contributed by atoms with E-state index in [9.17, 15) is 4.79 Å². The van der Waals surface area contributed by atoms with Crippen molar-refractivity contribution in [3.05, 3.63) is 72.3 Å². The van der Waals surface area contributed by atoms with E-state index in [1.165, 1.54) is 0 Å². The summed E-state index contributed by atoms with van der Waals surface area (Å²) in [6.07, 6.45) is 0.842. The van der Waals surface area contributed by atoms with Gasteiger partial charge in [0.2, 0.25) is 0 Å². The molecule has 28 heavy (non-hydrogen) atoms. The Balaban J connectivity index is 1.74. The van der Waals surface area contributed by atoms with E-state index in [2.05, 4.69) is 12.2 Å². The average Bonchev–Trinajstić information content (AvgIpc) is 2.75. The van der Waals surface area contributed by atoms with Crippen LogP contribution in [0.3, 0.4) is 0 Å². The molecule has 0 heterocycles. The number of carbonyl (C=O) groups is 1. The standard InChI is InChI=1S/C24H27NO3/c1-4-21(18-13-15-19(27-3)16-14-18)25-24(26)22(5-2)28-23-12-8-10-17-9-6-7-11-20(17)23/h6-16,21-22H,4-5H2,1-3H3,(H,25,26)/t21-,22+/m0/s1. The van der Waals surface area contributed by atoms with Gasteiger partial charge in [0.25, 0.3) is 5.91 Å². The topological polar surface area (TPSA) is 47.6 Å². The predicted molar refractivity (Wildman–Crippen MR) is 113 cm³/mol. The Morgan fingerprint density at radius 2 is 1.64 bits per heavy atom. The van der Waals surface area contributed by atoms with Crippen molar-refractivity contribution in [3.63, 3.8) is 0 Å². The van der Waals surface area contributed by atoms with Gasteiger partial charge in [0.05, 0.1) is 13.2 Å². The molecule has 3 rings (SSSR count). The van der Waals surface area contributed by atoms with Crippen molar-refractivity contribution in [2.45, 2.75) is 38.8 Å². The molecule has 0 bridgehead atoms. The maximum absolute atomic E-state index is 12.9. The molecule has 0 radical (unpaired) electrons. The molecule has 4 nitrogen and oxygen atoms in total. The van der Waals surface area contributed by atoms with Crippen molar-refractivity contribution in [1.29, 1.82) is 0 Å². The summed E-state index contributed by atoms with van der Waals surface area (Å²) in [4.78, 5) is 12.9.